The number of anilines is 1. The Bertz CT molecular complexity index is 761. The van der Waals surface area contributed by atoms with Crippen LogP contribution in [0.4, 0.5) is 5.69 Å². The van der Waals surface area contributed by atoms with Crippen molar-refractivity contribution in [2.24, 2.45) is 5.92 Å². The maximum absolute atomic E-state index is 12.3. The van der Waals surface area contributed by atoms with Gasteiger partial charge in [-0.1, -0.05) is 6.92 Å². The minimum atomic E-state index is -3.29. The van der Waals surface area contributed by atoms with Gasteiger partial charge in [0.1, 0.15) is 0 Å². The number of carbonyl (C=O) groups excluding carboxylic acids is 1. The lowest BCUT2D eigenvalue weighted by atomic mass is 9.86. The van der Waals surface area contributed by atoms with Gasteiger partial charge in [-0.2, -0.15) is 0 Å². The van der Waals surface area contributed by atoms with Crippen LogP contribution < -0.4 is 15.4 Å². The smallest absolute Gasteiger partial charge is 0.251 e. The van der Waals surface area contributed by atoms with Gasteiger partial charge in [0.05, 0.1) is 4.75 Å². The highest BCUT2D eigenvalue weighted by Crippen LogP contribution is 2.26. The Kier molecular flexibility index (Phi) is 8.11. The molecule has 0 spiro atoms. The monoisotopic (exact) mass is 423 g/mol. The number of hydrogen-bond donors (Lipinski definition) is 3. The molecule has 29 heavy (non-hydrogen) atoms. The van der Waals surface area contributed by atoms with Gasteiger partial charge in [0, 0.05) is 29.9 Å². The molecule has 1 aromatic carbocycles. The van der Waals surface area contributed by atoms with Gasteiger partial charge in [-0.3, -0.25) is 4.79 Å². The summed E-state index contributed by atoms with van der Waals surface area (Å²) >= 11 is 0. The average Bonchev–Trinajstić information content (AvgIpc) is 2.66. The quantitative estimate of drug-likeness (QED) is 0.592. The van der Waals surface area contributed by atoms with E-state index < -0.39 is 14.8 Å². The number of benzene rings is 1. The van der Waals surface area contributed by atoms with Crippen molar-refractivity contribution < 1.29 is 13.2 Å². The van der Waals surface area contributed by atoms with Gasteiger partial charge in [0.25, 0.3) is 5.91 Å². The van der Waals surface area contributed by atoms with Crippen LogP contribution in [-0.4, -0.2) is 37.7 Å². The summed E-state index contributed by atoms with van der Waals surface area (Å²) in [5, 5.41) is 6.42. The molecule has 0 saturated heterocycles. The van der Waals surface area contributed by atoms with E-state index in [4.69, 9.17) is 0 Å². The van der Waals surface area contributed by atoms with Crippen molar-refractivity contribution in [1.82, 2.24) is 10.0 Å². The lowest BCUT2D eigenvalue weighted by molar-refractivity contribution is 0.0939. The highest BCUT2D eigenvalue weighted by Gasteiger charge is 2.32. The third-order valence-electron chi connectivity index (χ3n) is 5.71. The van der Waals surface area contributed by atoms with Gasteiger partial charge in [0.2, 0.25) is 10.0 Å². The molecule has 3 N–H and O–H groups in total. The molecule has 1 fully saturated rings. The van der Waals surface area contributed by atoms with E-state index in [0.717, 1.165) is 44.3 Å². The van der Waals surface area contributed by atoms with Crippen LogP contribution in [0.5, 0.6) is 0 Å². The summed E-state index contributed by atoms with van der Waals surface area (Å²) in [7, 11) is -3.29. The first-order valence-electron chi connectivity index (χ1n) is 10.7. The van der Waals surface area contributed by atoms with E-state index >= 15 is 0 Å². The second-order valence-electron chi connectivity index (χ2n) is 9.19. The molecule has 0 aliphatic heterocycles. The standard InChI is InChI=1S/C22H37N3O3S/c1-6-16(2)24-21(26)18-9-13-19(14-10-18)23-15-17-7-11-20(12-8-17)25-29(27,28)22(3,4)5/h9-10,13-14,16-17,20,23,25H,6-8,11-12,15H2,1-5H3,(H,24,26). The lowest BCUT2D eigenvalue weighted by Crippen LogP contribution is -2.46. The number of nitrogens with one attached hydrogen (secondary N) is 3. The molecular formula is C22H37N3O3S. The van der Waals surface area contributed by atoms with Crippen LogP contribution in [0.3, 0.4) is 0 Å². The van der Waals surface area contributed by atoms with Gasteiger partial charge in [0.15, 0.2) is 0 Å². The van der Waals surface area contributed by atoms with E-state index in [-0.39, 0.29) is 18.0 Å². The Morgan fingerprint density at radius 2 is 1.69 bits per heavy atom. The van der Waals surface area contributed by atoms with Crippen LogP contribution in [0, 0.1) is 5.92 Å². The fourth-order valence-corrected chi connectivity index (χ4v) is 4.32. The lowest BCUT2D eigenvalue weighted by Gasteiger charge is -2.31. The molecule has 0 heterocycles. The second-order valence-corrected chi connectivity index (χ2v) is 11.7. The second kappa shape index (κ2) is 9.94. The van der Waals surface area contributed by atoms with Crippen molar-refractivity contribution in [2.45, 2.75) is 83.6 Å². The molecule has 1 saturated carbocycles. The first-order valence-corrected chi connectivity index (χ1v) is 12.2. The SMILES string of the molecule is CCC(C)NC(=O)c1ccc(NCC2CCC(NS(=O)(=O)C(C)(C)C)CC2)cc1. The zero-order valence-corrected chi connectivity index (χ0v) is 19.2. The van der Waals surface area contributed by atoms with E-state index in [0.29, 0.717) is 11.5 Å². The number of carbonyl (C=O) groups is 1. The van der Waals surface area contributed by atoms with Crippen molar-refractivity contribution in [3.63, 3.8) is 0 Å². The molecule has 1 aromatic rings. The zero-order valence-electron chi connectivity index (χ0n) is 18.4. The van der Waals surface area contributed by atoms with Gasteiger partial charge in [-0.15, -0.1) is 0 Å². The summed E-state index contributed by atoms with van der Waals surface area (Å²) in [5.74, 6) is 0.487. The van der Waals surface area contributed by atoms with Crippen LogP contribution in [0.15, 0.2) is 24.3 Å². The number of rotatable bonds is 8. The summed E-state index contributed by atoms with van der Waals surface area (Å²) < 4.78 is 26.7. The molecule has 1 amide bonds. The maximum atomic E-state index is 12.3. The number of hydrogen-bond acceptors (Lipinski definition) is 4. The van der Waals surface area contributed by atoms with Crippen molar-refractivity contribution in [3.8, 4) is 0 Å². The topological polar surface area (TPSA) is 87.3 Å². The minimum Gasteiger partial charge on any atom is -0.385 e. The van der Waals surface area contributed by atoms with Gasteiger partial charge < -0.3 is 10.6 Å². The largest absolute Gasteiger partial charge is 0.385 e. The number of amides is 1. The summed E-state index contributed by atoms with van der Waals surface area (Å²) in [6, 6.07) is 7.78. The van der Waals surface area contributed by atoms with E-state index in [1.54, 1.807) is 20.8 Å². The molecule has 7 heteroatoms. The van der Waals surface area contributed by atoms with E-state index in [9.17, 15) is 13.2 Å². The van der Waals surface area contributed by atoms with Crippen molar-refractivity contribution in [2.75, 3.05) is 11.9 Å². The molecule has 164 valence electrons. The first kappa shape index (κ1) is 23.7. The van der Waals surface area contributed by atoms with Crippen LogP contribution in [0.2, 0.25) is 0 Å². The van der Waals surface area contributed by atoms with Crippen LogP contribution >= 0.6 is 0 Å². The third kappa shape index (κ3) is 7.00. The number of sulfonamides is 1. The molecular weight excluding hydrogens is 386 g/mol. The Morgan fingerprint density at radius 1 is 1.10 bits per heavy atom. The van der Waals surface area contributed by atoms with Crippen LogP contribution in [-0.2, 0) is 10.0 Å². The van der Waals surface area contributed by atoms with Crippen LogP contribution in [0.1, 0.15) is 77.1 Å². The molecule has 0 aromatic heterocycles. The normalized spacial score (nSPS) is 21.4. The summed E-state index contributed by atoms with van der Waals surface area (Å²) in [5.41, 5.74) is 1.67. The Labute approximate surface area is 176 Å². The first-order chi connectivity index (χ1) is 13.5. The molecule has 1 aliphatic carbocycles. The summed E-state index contributed by atoms with van der Waals surface area (Å²) in [6.07, 6.45) is 4.65. The molecule has 0 radical (unpaired) electrons. The Morgan fingerprint density at radius 3 is 2.21 bits per heavy atom. The van der Waals surface area contributed by atoms with E-state index in [1.165, 1.54) is 0 Å². The molecule has 6 nitrogen and oxygen atoms in total. The van der Waals surface area contributed by atoms with Gasteiger partial charge in [-0.05, 0) is 90.0 Å². The summed E-state index contributed by atoms with van der Waals surface area (Å²) in [6.45, 7) is 10.1. The van der Waals surface area contributed by atoms with Crippen molar-refractivity contribution in [3.05, 3.63) is 29.8 Å². The fraction of sp³-hybridized carbons (Fsp3) is 0.682. The molecule has 1 unspecified atom stereocenters. The van der Waals surface area contributed by atoms with E-state index in [2.05, 4.69) is 15.4 Å². The fourth-order valence-electron chi connectivity index (χ4n) is 3.29. The molecule has 1 atom stereocenters. The summed E-state index contributed by atoms with van der Waals surface area (Å²) in [4.78, 5) is 12.1. The molecule has 2 rings (SSSR count). The maximum Gasteiger partial charge on any atom is 0.251 e. The average molecular weight is 424 g/mol. The minimum absolute atomic E-state index is 0.0399. The molecule has 0 bridgehead atoms. The zero-order chi connectivity index (χ0) is 21.7. The van der Waals surface area contributed by atoms with Crippen molar-refractivity contribution >= 4 is 21.6 Å². The Hall–Kier alpha value is -1.60. The predicted octanol–water partition coefficient (Wildman–Crippen LogP) is 3.90. The van der Waals surface area contributed by atoms with Crippen LogP contribution in [0.25, 0.3) is 0 Å². The predicted molar refractivity (Wildman–Crippen MR) is 120 cm³/mol. The molecule has 1 aliphatic rings. The van der Waals surface area contributed by atoms with E-state index in [1.807, 2.05) is 38.1 Å². The highest BCUT2D eigenvalue weighted by molar-refractivity contribution is 7.90. The third-order valence-corrected chi connectivity index (χ3v) is 7.96. The van der Waals surface area contributed by atoms with Crippen molar-refractivity contribution in [1.29, 1.82) is 0 Å². The van der Waals surface area contributed by atoms with Gasteiger partial charge in [-0.25, -0.2) is 13.1 Å². The Balaban J connectivity index is 1.77. The highest BCUT2D eigenvalue weighted by atomic mass is 32.2. The van der Waals surface area contributed by atoms with Gasteiger partial charge >= 0.3 is 0 Å².